The van der Waals surface area contributed by atoms with Gasteiger partial charge in [0.15, 0.2) is 0 Å². The van der Waals surface area contributed by atoms with Crippen LogP contribution < -0.4 is 0 Å². The van der Waals surface area contributed by atoms with Crippen molar-refractivity contribution in [2.75, 3.05) is 0 Å². The van der Waals surface area contributed by atoms with Crippen LogP contribution in [0, 0.1) is 5.92 Å². The summed E-state index contributed by atoms with van der Waals surface area (Å²) in [6, 6.07) is 4.19. The molecule has 0 aromatic heterocycles. The number of hydrogen-bond donors (Lipinski definition) is 1. The summed E-state index contributed by atoms with van der Waals surface area (Å²) < 4.78 is 0. The fourth-order valence-electron chi connectivity index (χ4n) is 2.32. The first-order valence-electron chi connectivity index (χ1n) is 7.08. The molecule has 0 aliphatic heterocycles. The second-order valence-electron chi connectivity index (χ2n) is 6.45. The Morgan fingerprint density at radius 1 is 1.11 bits per heavy atom. The molecular weight excluding hydrogens is 220 g/mol. The van der Waals surface area contributed by atoms with E-state index >= 15 is 0 Å². The number of aryl methyl sites for hydroxylation is 1. The molecule has 102 valence electrons. The molecule has 1 aromatic rings. The Hall–Kier alpha value is -0.980. The molecule has 0 saturated heterocycles. The highest BCUT2D eigenvalue weighted by molar-refractivity contribution is 5.46. The van der Waals surface area contributed by atoms with E-state index in [1.165, 1.54) is 11.1 Å². The van der Waals surface area contributed by atoms with Crippen molar-refractivity contribution in [3.8, 4) is 5.75 Å². The van der Waals surface area contributed by atoms with Gasteiger partial charge in [-0.2, -0.15) is 0 Å². The summed E-state index contributed by atoms with van der Waals surface area (Å²) in [5.41, 5.74) is 3.82. The minimum Gasteiger partial charge on any atom is -0.508 e. The number of hydrogen-bond acceptors (Lipinski definition) is 1. The van der Waals surface area contributed by atoms with E-state index in [9.17, 15) is 5.11 Å². The van der Waals surface area contributed by atoms with Crippen molar-refractivity contribution >= 4 is 0 Å². The molecule has 0 saturated carbocycles. The van der Waals surface area contributed by atoms with Crippen LogP contribution in [0.25, 0.3) is 0 Å². The van der Waals surface area contributed by atoms with Crippen molar-refractivity contribution in [3.63, 3.8) is 0 Å². The van der Waals surface area contributed by atoms with Gasteiger partial charge in [0.1, 0.15) is 5.75 Å². The topological polar surface area (TPSA) is 20.2 Å². The Morgan fingerprint density at radius 2 is 1.67 bits per heavy atom. The first-order valence-corrected chi connectivity index (χ1v) is 7.08. The summed E-state index contributed by atoms with van der Waals surface area (Å²) in [5, 5.41) is 10.2. The van der Waals surface area contributed by atoms with E-state index in [2.05, 4.69) is 54.5 Å². The molecule has 0 atom stereocenters. The van der Waals surface area contributed by atoms with E-state index in [4.69, 9.17) is 0 Å². The van der Waals surface area contributed by atoms with Crippen LogP contribution in [-0.4, -0.2) is 5.11 Å². The molecule has 1 rings (SSSR count). The molecule has 0 bridgehead atoms. The molecule has 0 aliphatic carbocycles. The largest absolute Gasteiger partial charge is 0.508 e. The molecule has 18 heavy (non-hydrogen) atoms. The van der Waals surface area contributed by atoms with E-state index in [1.807, 2.05) is 6.07 Å². The Balaban J connectivity index is 3.42. The van der Waals surface area contributed by atoms with E-state index in [-0.39, 0.29) is 5.41 Å². The normalized spacial score (nSPS) is 12.5. The number of benzene rings is 1. The minimum absolute atomic E-state index is 0.0956. The fraction of sp³-hybridized carbons (Fsp3) is 0.647. The number of rotatable bonds is 4. The van der Waals surface area contributed by atoms with Gasteiger partial charge >= 0.3 is 0 Å². The van der Waals surface area contributed by atoms with Gasteiger partial charge in [0.25, 0.3) is 0 Å². The summed E-state index contributed by atoms with van der Waals surface area (Å²) in [6.07, 6.45) is 1.02. The standard InChI is InChI=1S/C17H28O/c1-8-13-9-14(11(2)3)16(18)10-15(13)17(6,7)12(4)5/h9-12,18H,8H2,1-7H3. The van der Waals surface area contributed by atoms with E-state index in [0.29, 0.717) is 17.6 Å². The molecule has 0 unspecified atom stereocenters. The average molecular weight is 248 g/mol. The van der Waals surface area contributed by atoms with Crippen molar-refractivity contribution in [1.29, 1.82) is 0 Å². The van der Waals surface area contributed by atoms with Crippen LogP contribution in [0.15, 0.2) is 12.1 Å². The van der Waals surface area contributed by atoms with Gasteiger partial charge in [-0.25, -0.2) is 0 Å². The first-order chi connectivity index (χ1) is 8.21. The molecule has 0 spiro atoms. The van der Waals surface area contributed by atoms with Crippen LogP contribution >= 0.6 is 0 Å². The number of aromatic hydroxyl groups is 1. The van der Waals surface area contributed by atoms with Gasteiger partial charge in [-0.3, -0.25) is 0 Å². The van der Waals surface area contributed by atoms with Crippen molar-refractivity contribution < 1.29 is 5.11 Å². The molecule has 1 heteroatoms. The Morgan fingerprint density at radius 3 is 2.06 bits per heavy atom. The van der Waals surface area contributed by atoms with Crippen molar-refractivity contribution in [3.05, 3.63) is 28.8 Å². The highest BCUT2D eigenvalue weighted by atomic mass is 16.3. The summed E-state index contributed by atoms with van der Waals surface area (Å²) in [4.78, 5) is 0. The van der Waals surface area contributed by atoms with E-state index < -0.39 is 0 Å². The minimum atomic E-state index is 0.0956. The lowest BCUT2D eigenvalue weighted by atomic mass is 9.72. The van der Waals surface area contributed by atoms with Crippen molar-refractivity contribution in [2.45, 2.75) is 66.2 Å². The average Bonchev–Trinajstić information content (AvgIpc) is 2.27. The third kappa shape index (κ3) is 2.71. The van der Waals surface area contributed by atoms with Crippen LogP contribution in [0.5, 0.6) is 5.75 Å². The lowest BCUT2D eigenvalue weighted by Crippen LogP contribution is -2.26. The van der Waals surface area contributed by atoms with Gasteiger partial charge in [0, 0.05) is 0 Å². The predicted octanol–water partition coefficient (Wildman–Crippen LogP) is 5.01. The molecule has 1 N–H and O–H groups in total. The molecule has 1 nitrogen and oxygen atoms in total. The maximum absolute atomic E-state index is 10.2. The smallest absolute Gasteiger partial charge is 0.119 e. The van der Waals surface area contributed by atoms with E-state index in [1.54, 1.807) is 0 Å². The zero-order valence-electron chi connectivity index (χ0n) is 13.0. The lowest BCUT2D eigenvalue weighted by molar-refractivity contribution is 0.366. The first kappa shape index (κ1) is 15.1. The zero-order valence-corrected chi connectivity index (χ0v) is 13.0. The quantitative estimate of drug-likeness (QED) is 0.794. The van der Waals surface area contributed by atoms with Crippen molar-refractivity contribution in [2.24, 2.45) is 5.92 Å². The molecule has 0 heterocycles. The fourth-order valence-corrected chi connectivity index (χ4v) is 2.32. The second kappa shape index (κ2) is 5.34. The van der Waals surface area contributed by atoms with Gasteiger partial charge in [-0.1, -0.05) is 54.5 Å². The highest BCUT2D eigenvalue weighted by Gasteiger charge is 2.28. The second-order valence-corrected chi connectivity index (χ2v) is 6.45. The van der Waals surface area contributed by atoms with Gasteiger partial charge in [0.2, 0.25) is 0 Å². The lowest BCUT2D eigenvalue weighted by Gasteiger charge is -2.32. The Bertz CT molecular complexity index is 414. The Labute approximate surface area is 112 Å². The molecule has 0 aliphatic rings. The van der Waals surface area contributed by atoms with Gasteiger partial charge in [-0.15, -0.1) is 0 Å². The highest BCUT2D eigenvalue weighted by Crippen LogP contribution is 2.38. The summed E-state index contributed by atoms with van der Waals surface area (Å²) in [5.74, 6) is 1.37. The van der Waals surface area contributed by atoms with Crippen LogP contribution in [-0.2, 0) is 11.8 Å². The third-order valence-electron chi connectivity index (χ3n) is 4.39. The molecular formula is C17H28O. The van der Waals surface area contributed by atoms with Gasteiger partial charge in [0.05, 0.1) is 0 Å². The molecule has 0 radical (unpaired) electrons. The SMILES string of the molecule is CCc1cc(C(C)C)c(O)cc1C(C)(C)C(C)C. The van der Waals surface area contributed by atoms with Gasteiger partial charge in [-0.05, 0) is 46.4 Å². The summed E-state index contributed by atoms with van der Waals surface area (Å²) in [6.45, 7) is 15.5. The summed E-state index contributed by atoms with van der Waals surface area (Å²) >= 11 is 0. The van der Waals surface area contributed by atoms with Crippen LogP contribution in [0.1, 0.15) is 71.1 Å². The van der Waals surface area contributed by atoms with Crippen LogP contribution in [0.3, 0.4) is 0 Å². The Kier molecular flexibility index (Phi) is 4.47. The number of phenols is 1. The summed E-state index contributed by atoms with van der Waals surface area (Å²) in [7, 11) is 0. The van der Waals surface area contributed by atoms with Crippen LogP contribution in [0.4, 0.5) is 0 Å². The number of phenolic OH excluding ortho intramolecular Hbond substituents is 1. The third-order valence-corrected chi connectivity index (χ3v) is 4.39. The molecule has 0 amide bonds. The monoisotopic (exact) mass is 248 g/mol. The molecule has 0 fully saturated rings. The predicted molar refractivity (Wildman–Crippen MR) is 79.4 cm³/mol. The molecule has 1 aromatic carbocycles. The van der Waals surface area contributed by atoms with Crippen molar-refractivity contribution in [1.82, 2.24) is 0 Å². The van der Waals surface area contributed by atoms with Gasteiger partial charge < -0.3 is 5.11 Å². The van der Waals surface area contributed by atoms with E-state index in [0.717, 1.165) is 12.0 Å². The zero-order chi connectivity index (χ0) is 14.1. The maximum atomic E-state index is 10.2. The maximum Gasteiger partial charge on any atom is 0.119 e. The van der Waals surface area contributed by atoms with Crippen LogP contribution in [0.2, 0.25) is 0 Å².